The van der Waals surface area contributed by atoms with Gasteiger partial charge < -0.3 is 4.74 Å². The minimum Gasteiger partial charge on any atom is -0.427 e. The van der Waals surface area contributed by atoms with E-state index in [9.17, 15) is 14.4 Å². The van der Waals surface area contributed by atoms with E-state index in [2.05, 4.69) is 6.92 Å². The lowest BCUT2D eigenvalue weighted by Crippen LogP contribution is -2.43. The van der Waals surface area contributed by atoms with Gasteiger partial charge in [0.1, 0.15) is 11.5 Å². The molecule has 0 N–H and O–H groups in total. The van der Waals surface area contributed by atoms with Crippen molar-refractivity contribution < 1.29 is 19.1 Å². The molecular weight excluding hydrogens is 304 g/mol. The van der Waals surface area contributed by atoms with E-state index in [4.69, 9.17) is 4.74 Å². The van der Waals surface area contributed by atoms with Crippen LogP contribution in [-0.4, -0.2) is 17.5 Å². The minimum absolute atomic E-state index is 0.115. The number of ether oxygens (including phenoxy) is 1. The smallest absolute Gasteiger partial charge is 0.308 e. The minimum atomic E-state index is -0.381. The average molecular weight is 326 g/mol. The van der Waals surface area contributed by atoms with Crippen LogP contribution in [0, 0.1) is 17.3 Å². The Labute approximate surface area is 141 Å². The largest absolute Gasteiger partial charge is 0.427 e. The highest BCUT2D eigenvalue weighted by molar-refractivity contribution is 6.00. The van der Waals surface area contributed by atoms with Crippen LogP contribution in [0.1, 0.15) is 67.8 Å². The van der Waals surface area contributed by atoms with Crippen molar-refractivity contribution in [2.24, 2.45) is 17.3 Å². The number of fused-ring (bicyclic) bond motifs is 5. The molecule has 126 valence electrons. The molecule has 4 rings (SSSR count). The molecule has 4 atom stereocenters. The number of benzene rings is 1. The zero-order chi connectivity index (χ0) is 17.1. The van der Waals surface area contributed by atoms with Crippen LogP contribution in [0.3, 0.4) is 0 Å². The predicted octanol–water partition coefficient (Wildman–Crippen LogP) is 3.68. The lowest BCUT2D eigenvalue weighted by atomic mass is 9.55. The van der Waals surface area contributed by atoms with E-state index in [1.165, 1.54) is 6.92 Å². The van der Waals surface area contributed by atoms with Gasteiger partial charge in [0, 0.05) is 30.7 Å². The fraction of sp³-hybridized carbons (Fsp3) is 0.550. The zero-order valence-corrected chi connectivity index (χ0v) is 14.1. The van der Waals surface area contributed by atoms with Gasteiger partial charge >= 0.3 is 5.97 Å². The number of carbonyl (C=O) groups is 3. The molecule has 0 amide bonds. The van der Waals surface area contributed by atoms with E-state index >= 15 is 0 Å². The van der Waals surface area contributed by atoms with Crippen LogP contribution in [0.2, 0.25) is 0 Å². The lowest BCUT2D eigenvalue weighted by molar-refractivity contribution is -0.132. The summed E-state index contributed by atoms with van der Waals surface area (Å²) in [7, 11) is 0. The molecule has 3 aliphatic carbocycles. The summed E-state index contributed by atoms with van der Waals surface area (Å²) in [6.45, 7) is 3.46. The van der Waals surface area contributed by atoms with Crippen molar-refractivity contribution >= 4 is 17.5 Å². The number of hydrogen-bond acceptors (Lipinski definition) is 4. The topological polar surface area (TPSA) is 60.4 Å². The molecule has 4 nitrogen and oxygen atoms in total. The van der Waals surface area contributed by atoms with Gasteiger partial charge in [0.25, 0.3) is 0 Å². The highest BCUT2D eigenvalue weighted by atomic mass is 16.5. The van der Waals surface area contributed by atoms with Gasteiger partial charge in [-0.3, -0.25) is 14.4 Å². The van der Waals surface area contributed by atoms with Gasteiger partial charge in [0.05, 0.1) is 0 Å². The molecule has 0 saturated heterocycles. The number of ketones is 2. The van der Waals surface area contributed by atoms with E-state index in [0.29, 0.717) is 41.8 Å². The summed E-state index contributed by atoms with van der Waals surface area (Å²) >= 11 is 0. The molecule has 0 unspecified atom stereocenters. The molecule has 3 aliphatic rings. The molecule has 2 fully saturated rings. The Bertz CT molecular complexity index is 750. The van der Waals surface area contributed by atoms with Crippen molar-refractivity contribution in [1.82, 2.24) is 0 Å². The second-order valence-electron chi connectivity index (χ2n) is 7.76. The first kappa shape index (κ1) is 15.6. The van der Waals surface area contributed by atoms with E-state index in [1.54, 1.807) is 12.1 Å². The van der Waals surface area contributed by atoms with Gasteiger partial charge in [-0.1, -0.05) is 13.0 Å². The van der Waals surface area contributed by atoms with E-state index in [-0.39, 0.29) is 23.1 Å². The first-order chi connectivity index (χ1) is 11.4. The molecule has 0 aromatic heterocycles. The van der Waals surface area contributed by atoms with Crippen molar-refractivity contribution in [3.8, 4) is 5.75 Å². The molecular formula is C20H22O4. The summed E-state index contributed by atoms with van der Waals surface area (Å²) in [6, 6.07) is 5.44. The highest BCUT2D eigenvalue weighted by Crippen LogP contribution is 2.59. The summed E-state index contributed by atoms with van der Waals surface area (Å²) in [5.74, 6) is 1.49. The molecule has 0 heterocycles. The lowest BCUT2D eigenvalue weighted by Gasteiger charge is -2.47. The molecule has 0 aliphatic heterocycles. The Morgan fingerprint density at radius 1 is 1.25 bits per heavy atom. The van der Waals surface area contributed by atoms with Gasteiger partial charge in [0.15, 0.2) is 5.78 Å². The quantitative estimate of drug-likeness (QED) is 0.583. The fourth-order valence-electron chi connectivity index (χ4n) is 5.38. The van der Waals surface area contributed by atoms with Crippen LogP contribution in [0.4, 0.5) is 0 Å². The average Bonchev–Trinajstić information content (AvgIpc) is 2.83. The Hall–Kier alpha value is -1.97. The molecule has 0 bridgehead atoms. The first-order valence-corrected chi connectivity index (χ1v) is 8.79. The van der Waals surface area contributed by atoms with Crippen molar-refractivity contribution in [3.05, 3.63) is 29.3 Å². The van der Waals surface area contributed by atoms with Gasteiger partial charge in [-0.25, -0.2) is 0 Å². The summed E-state index contributed by atoms with van der Waals surface area (Å²) in [5.41, 5.74) is 1.55. The van der Waals surface area contributed by atoms with Crippen molar-refractivity contribution in [2.45, 2.75) is 51.9 Å². The van der Waals surface area contributed by atoms with Gasteiger partial charge in [-0.15, -0.1) is 0 Å². The summed E-state index contributed by atoms with van der Waals surface area (Å²) in [5, 5.41) is 0. The van der Waals surface area contributed by atoms with E-state index < -0.39 is 0 Å². The third-order valence-electron chi connectivity index (χ3n) is 6.55. The Morgan fingerprint density at radius 2 is 2.04 bits per heavy atom. The van der Waals surface area contributed by atoms with Crippen molar-refractivity contribution in [2.75, 3.05) is 0 Å². The van der Waals surface area contributed by atoms with Gasteiger partial charge in [-0.2, -0.15) is 0 Å². The number of esters is 1. The number of carbonyl (C=O) groups excluding carboxylic acids is 3. The monoisotopic (exact) mass is 326 g/mol. The number of hydrogen-bond donors (Lipinski definition) is 0. The highest BCUT2D eigenvalue weighted by Gasteiger charge is 2.55. The zero-order valence-electron chi connectivity index (χ0n) is 14.1. The molecule has 0 radical (unpaired) electrons. The van der Waals surface area contributed by atoms with Crippen LogP contribution in [0.5, 0.6) is 5.75 Å². The number of Topliss-reactive ketones (excluding diaryl/α,β-unsaturated/α-hetero) is 2. The van der Waals surface area contributed by atoms with E-state index in [1.807, 2.05) is 6.07 Å². The Balaban J connectivity index is 1.71. The normalized spacial score (nSPS) is 34.3. The number of rotatable bonds is 1. The third-order valence-corrected chi connectivity index (χ3v) is 6.55. The summed E-state index contributed by atoms with van der Waals surface area (Å²) in [4.78, 5) is 36.2. The maximum absolute atomic E-state index is 12.7. The molecule has 1 aromatic rings. The molecule has 1 aromatic carbocycles. The molecule has 2 saturated carbocycles. The van der Waals surface area contributed by atoms with E-state index in [0.717, 1.165) is 24.8 Å². The maximum Gasteiger partial charge on any atom is 0.308 e. The second kappa shape index (κ2) is 5.27. The Kier molecular flexibility index (Phi) is 3.41. The third kappa shape index (κ3) is 2.15. The molecule has 24 heavy (non-hydrogen) atoms. The summed E-state index contributed by atoms with van der Waals surface area (Å²) < 4.78 is 5.13. The van der Waals surface area contributed by atoms with Gasteiger partial charge in [-0.05, 0) is 54.7 Å². The second-order valence-corrected chi connectivity index (χ2v) is 7.76. The van der Waals surface area contributed by atoms with Crippen molar-refractivity contribution in [3.63, 3.8) is 0 Å². The molecule has 4 heteroatoms. The van der Waals surface area contributed by atoms with Crippen LogP contribution >= 0.6 is 0 Å². The standard InChI is InChI=1S/C20H22O4/c1-11(21)24-12-3-4-13-14-7-8-20(2)17(5-6-19(20)23)15(14)10-18(22)16(13)9-12/h3-4,9,14-15,17H,5-8,10H2,1-2H3/t14-,15-,17+,20+/m1/s1. The summed E-state index contributed by atoms with van der Waals surface area (Å²) in [6.07, 6.45) is 3.96. The van der Waals surface area contributed by atoms with Crippen LogP contribution in [-0.2, 0) is 9.59 Å². The van der Waals surface area contributed by atoms with Crippen molar-refractivity contribution in [1.29, 1.82) is 0 Å². The van der Waals surface area contributed by atoms with Crippen LogP contribution < -0.4 is 4.74 Å². The van der Waals surface area contributed by atoms with Crippen LogP contribution in [0.25, 0.3) is 0 Å². The van der Waals surface area contributed by atoms with Crippen LogP contribution in [0.15, 0.2) is 18.2 Å². The Morgan fingerprint density at radius 3 is 2.79 bits per heavy atom. The SMILES string of the molecule is CC(=O)Oc1ccc2c(c1)C(=O)C[C@@H]1[C@@H]2CC[C@]2(C)C(=O)CC[C@@H]12. The maximum atomic E-state index is 12.7. The first-order valence-electron chi connectivity index (χ1n) is 8.79. The fourth-order valence-corrected chi connectivity index (χ4v) is 5.38. The van der Waals surface area contributed by atoms with Gasteiger partial charge in [0.2, 0.25) is 0 Å². The molecule has 0 spiro atoms. The predicted molar refractivity (Wildman–Crippen MR) is 88.0 cm³/mol.